The fourth-order valence-electron chi connectivity index (χ4n) is 3.56. The first-order valence-electron chi connectivity index (χ1n) is 9.85. The molecule has 0 radical (unpaired) electrons. The van der Waals surface area contributed by atoms with Crippen molar-refractivity contribution >= 4 is 17.7 Å². The lowest BCUT2D eigenvalue weighted by molar-refractivity contribution is -0.136. The molecule has 1 aromatic rings. The number of hydrogen-bond acceptors (Lipinski definition) is 6. The maximum Gasteiger partial charge on any atom is 0.255 e. The monoisotopic (exact) mass is 388 g/mol. The third-order valence-electron chi connectivity index (χ3n) is 5.05. The number of ether oxygens (including phenoxy) is 1. The lowest BCUT2D eigenvalue weighted by Gasteiger charge is -2.29. The fourth-order valence-corrected chi connectivity index (χ4v) is 3.56. The second kappa shape index (κ2) is 9.77. The Balaban J connectivity index is 1.48. The van der Waals surface area contributed by atoms with Gasteiger partial charge in [-0.1, -0.05) is 12.1 Å². The summed E-state index contributed by atoms with van der Waals surface area (Å²) in [7, 11) is 0. The summed E-state index contributed by atoms with van der Waals surface area (Å²) in [5.41, 5.74) is 8.08. The highest BCUT2D eigenvalue weighted by molar-refractivity contribution is 6.05. The zero-order chi connectivity index (χ0) is 19.9. The van der Waals surface area contributed by atoms with Gasteiger partial charge in [0.15, 0.2) is 0 Å². The van der Waals surface area contributed by atoms with Gasteiger partial charge in [-0.15, -0.1) is 0 Å². The summed E-state index contributed by atoms with van der Waals surface area (Å²) < 4.78 is 5.47. The van der Waals surface area contributed by atoms with Crippen LogP contribution in [0.15, 0.2) is 18.2 Å². The van der Waals surface area contributed by atoms with Crippen LogP contribution >= 0.6 is 0 Å². The standard InChI is InChI=1S/C20H28N4O4/c21-7-1-9-28-10-2-8-22-12-14-3-4-16-15(11-14)13-24(20(16)27)17-5-6-18(25)23-19(17)26/h3-4,11,17,22H,1-2,5-10,12-13,21H2,(H,23,25,26). The zero-order valence-electron chi connectivity index (χ0n) is 16.0. The number of piperidine rings is 1. The molecule has 1 aromatic carbocycles. The van der Waals surface area contributed by atoms with E-state index in [9.17, 15) is 14.4 Å². The Bertz CT molecular complexity index is 737. The lowest BCUT2D eigenvalue weighted by Crippen LogP contribution is -2.52. The third kappa shape index (κ3) is 4.95. The Hall–Kier alpha value is -2.29. The van der Waals surface area contributed by atoms with Crippen LogP contribution in [0.25, 0.3) is 0 Å². The van der Waals surface area contributed by atoms with E-state index in [1.54, 1.807) is 4.90 Å². The molecule has 4 N–H and O–H groups in total. The van der Waals surface area contributed by atoms with Crippen molar-refractivity contribution in [2.45, 2.75) is 44.8 Å². The summed E-state index contributed by atoms with van der Waals surface area (Å²) in [6.45, 7) is 4.04. The highest BCUT2D eigenvalue weighted by Crippen LogP contribution is 2.28. The van der Waals surface area contributed by atoms with Crippen LogP contribution in [0.1, 0.15) is 47.2 Å². The molecule has 0 aliphatic carbocycles. The van der Waals surface area contributed by atoms with Crippen molar-refractivity contribution in [1.29, 1.82) is 0 Å². The van der Waals surface area contributed by atoms with E-state index in [0.29, 0.717) is 44.8 Å². The van der Waals surface area contributed by atoms with Gasteiger partial charge < -0.3 is 20.7 Å². The van der Waals surface area contributed by atoms with Crippen molar-refractivity contribution < 1.29 is 19.1 Å². The number of fused-ring (bicyclic) bond motifs is 1. The molecule has 8 nitrogen and oxygen atoms in total. The van der Waals surface area contributed by atoms with Gasteiger partial charge in [0, 0.05) is 38.3 Å². The van der Waals surface area contributed by atoms with Gasteiger partial charge in [0.25, 0.3) is 5.91 Å². The number of nitrogens with zero attached hydrogens (tertiary/aromatic N) is 1. The lowest BCUT2D eigenvalue weighted by atomic mass is 10.0. The van der Waals surface area contributed by atoms with Crippen LogP contribution in [0.4, 0.5) is 0 Å². The first-order valence-corrected chi connectivity index (χ1v) is 9.85. The van der Waals surface area contributed by atoms with Crippen molar-refractivity contribution in [3.8, 4) is 0 Å². The van der Waals surface area contributed by atoms with Crippen LogP contribution in [0.2, 0.25) is 0 Å². The Morgan fingerprint density at radius 3 is 2.82 bits per heavy atom. The van der Waals surface area contributed by atoms with Gasteiger partial charge in [0.05, 0.1) is 0 Å². The number of carbonyl (C=O) groups excluding carboxylic acids is 3. The largest absolute Gasteiger partial charge is 0.381 e. The molecule has 0 aromatic heterocycles. The first kappa shape index (κ1) is 20.4. The number of hydrogen-bond donors (Lipinski definition) is 3. The number of amides is 3. The van der Waals surface area contributed by atoms with E-state index in [0.717, 1.165) is 30.5 Å². The van der Waals surface area contributed by atoms with Gasteiger partial charge in [-0.25, -0.2) is 0 Å². The van der Waals surface area contributed by atoms with Gasteiger partial charge >= 0.3 is 0 Å². The molecule has 3 amide bonds. The quantitative estimate of drug-likeness (QED) is 0.392. The molecule has 1 unspecified atom stereocenters. The van der Waals surface area contributed by atoms with E-state index in [1.165, 1.54) is 0 Å². The summed E-state index contributed by atoms with van der Waals surface area (Å²) in [5.74, 6) is -0.796. The summed E-state index contributed by atoms with van der Waals surface area (Å²) in [6, 6.07) is 5.22. The number of benzene rings is 1. The molecule has 0 spiro atoms. The van der Waals surface area contributed by atoms with Crippen molar-refractivity contribution in [3.63, 3.8) is 0 Å². The van der Waals surface area contributed by atoms with E-state index >= 15 is 0 Å². The molecule has 2 heterocycles. The highest BCUT2D eigenvalue weighted by atomic mass is 16.5. The van der Waals surface area contributed by atoms with Crippen LogP contribution in [-0.2, 0) is 27.4 Å². The minimum absolute atomic E-state index is 0.140. The van der Waals surface area contributed by atoms with Crippen LogP contribution in [0, 0.1) is 0 Å². The Kier molecular flexibility index (Phi) is 7.13. The minimum Gasteiger partial charge on any atom is -0.381 e. The number of nitrogens with two attached hydrogens (primary N) is 1. The molecular weight excluding hydrogens is 360 g/mol. The average Bonchev–Trinajstić information content (AvgIpc) is 3.00. The Morgan fingerprint density at radius 1 is 1.21 bits per heavy atom. The first-order chi connectivity index (χ1) is 13.6. The van der Waals surface area contributed by atoms with Crippen LogP contribution in [-0.4, -0.2) is 55.0 Å². The minimum atomic E-state index is -0.571. The van der Waals surface area contributed by atoms with Crippen molar-refractivity contribution in [1.82, 2.24) is 15.5 Å². The third-order valence-corrected chi connectivity index (χ3v) is 5.05. The number of carbonyl (C=O) groups is 3. The van der Waals surface area contributed by atoms with E-state index in [2.05, 4.69) is 10.6 Å². The Labute approximate surface area is 164 Å². The summed E-state index contributed by atoms with van der Waals surface area (Å²) >= 11 is 0. The molecule has 2 aliphatic heterocycles. The molecule has 3 rings (SSSR count). The van der Waals surface area contributed by atoms with Crippen molar-refractivity contribution in [2.24, 2.45) is 5.73 Å². The van der Waals surface area contributed by atoms with Crippen LogP contribution < -0.4 is 16.4 Å². The Morgan fingerprint density at radius 2 is 2.04 bits per heavy atom. The second-order valence-corrected chi connectivity index (χ2v) is 7.18. The number of rotatable bonds is 10. The van der Waals surface area contributed by atoms with Gasteiger partial charge in [-0.2, -0.15) is 0 Å². The van der Waals surface area contributed by atoms with Crippen LogP contribution in [0.3, 0.4) is 0 Å². The zero-order valence-corrected chi connectivity index (χ0v) is 16.0. The summed E-state index contributed by atoms with van der Waals surface area (Å²) in [5, 5.41) is 5.70. The van der Waals surface area contributed by atoms with E-state index in [1.807, 2.05) is 18.2 Å². The smallest absolute Gasteiger partial charge is 0.255 e. The topological polar surface area (TPSA) is 114 Å². The maximum atomic E-state index is 12.7. The van der Waals surface area contributed by atoms with Crippen LogP contribution in [0.5, 0.6) is 0 Å². The fraction of sp³-hybridized carbons (Fsp3) is 0.550. The normalized spacial score (nSPS) is 19.1. The van der Waals surface area contributed by atoms with Gasteiger partial charge in [-0.05, 0) is 49.5 Å². The molecule has 1 atom stereocenters. The molecule has 0 saturated carbocycles. The van der Waals surface area contributed by atoms with Crippen molar-refractivity contribution in [2.75, 3.05) is 26.3 Å². The number of nitrogens with one attached hydrogen (secondary N) is 2. The maximum absolute atomic E-state index is 12.7. The van der Waals surface area contributed by atoms with Gasteiger partial charge in [0.2, 0.25) is 11.8 Å². The van der Waals surface area contributed by atoms with Gasteiger partial charge in [0.1, 0.15) is 6.04 Å². The molecule has 152 valence electrons. The van der Waals surface area contributed by atoms with Crippen molar-refractivity contribution in [3.05, 3.63) is 34.9 Å². The molecule has 0 bridgehead atoms. The van der Waals surface area contributed by atoms with Gasteiger partial charge in [-0.3, -0.25) is 19.7 Å². The predicted molar refractivity (Wildman–Crippen MR) is 103 cm³/mol. The highest BCUT2D eigenvalue weighted by Gasteiger charge is 2.38. The molecule has 2 aliphatic rings. The molecule has 1 saturated heterocycles. The van der Waals surface area contributed by atoms with E-state index in [-0.39, 0.29) is 24.1 Å². The second-order valence-electron chi connectivity index (χ2n) is 7.18. The average molecular weight is 388 g/mol. The summed E-state index contributed by atoms with van der Waals surface area (Å²) in [4.78, 5) is 37.7. The van der Waals surface area contributed by atoms with E-state index in [4.69, 9.17) is 10.5 Å². The SMILES string of the molecule is NCCCOCCCNCc1ccc2c(c1)CN(C1CCC(=O)NC1=O)C2=O. The number of imide groups is 1. The summed E-state index contributed by atoms with van der Waals surface area (Å²) in [6.07, 6.45) is 2.46. The predicted octanol–water partition coefficient (Wildman–Crippen LogP) is 0.293. The molecular formula is C20H28N4O4. The van der Waals surface area contributed by atoms with E-state index < -0.39 is 6.04 Å². The molecule has 1 fully saturated rings. The molecule has 8 heteroatoms. The molecule has 28 heavy (non-hydrogen) atoms.